The molecule has 0 N–H and O–H groups in total. The van der Waals surface area contributed by atoms with Crippen LogP contribution in [-0.2, 0) is 14.8 Å². The van der Waals surface area contributed by atoms with Crippen LogP contribution in [0.1, 0.15) is 25.7 Å². The smallest absolute Gasteiger partial charge is 0.243 e. The average Bonchev–Trinajstić information content (AvgIpc) is 2.73. The molecule has 0 bridgehead atoms. The maximum atomic E-state index is 12.8. The molecule has 2 aliphatic heterocycles. The molecule has 27 heavy (non-hydrogen) atoms. The zero-order valence-electron chi connectivity index (χ0n) is 16.0. The summed E-state index contributed by atoms with van der Waals surface area (Å²) in [7, 11) is -1.93. The average molecular weight is 396 g/mol. The van der Waals surface area contributed by atoms with Crippen LogP contribution in [0, 0.1) is 0 Å². The number of likely N-dealkylation sites (tertiary alicyclic amines) is 1. The number of hydrogen-bond acceptors (Lipinski definition) is 5. The van der Waals surface area contributed by atoms with Gasteiger partial charge in [-0.05, 0) is 43.5 Å². The minimum Gasteiger partial charge on any atom is -0.497 e. The van der Waals surface area contributed by atoms with Gasteiger partial charge in [-0.2, -0.15) is 4.31 Å². The van der Waals surface area contributed by atoms with Gasteiger partial charge in [-0.1, -0.05) is 0 Å². The van der Waals surface area contributed by atoms with Crippen LogP contribution in [0.25, 0.3) is 0 Å². The summed E-state index contributed by atoms with van der Waals surface area (Å²) < 4.78 is 32.2. The lowest BCUT2D eigenvalue weighted by molar-refractivity contribution is -0.132. The molecular weight excluding hydrogens is 366 g/mol. The van der Waals surface area contributed by atoms with E-state index in [-0.39, 0.29) is 10.8 Å². The Kier molecular flexibility index (Phi) is 6.73. The Hall–Kier alpha value is -1.64. The molecule has 0 aliphatic carbocycles. The molecule has 0 atom stereocenters. The van der Waals surface area contributed by atoms with E-state index in [4.69, 9.17) is 4.74 Å². The minimum absolute atomic E-state index is 0.225. The van der Waals surface area contributed by atoms with E-state index < -0.39 is 10.0 Å². The number of rotatable bonds is 6. The molecule has 0 spiro atoms. The van der Waals surface area contributed by atoms with Crippen molar-refractivity contribution in [3.8, 4) is 5.75 Å². The summed E-state index contributed by atoms with van der Waals surface area (Å²) >= 11 is 0. The summed E-state index contributed by atoms with van der Waals surface area (Å²) in [6.45, 7) is 4.68. The van der Waals surface area contributed by atoms with E-state index in [0.717, 1.165) is 25.9 Å². The third-order valence-electron chi connectivity index (χ3n) is 5.38. The van der Waals surface area contributed by atoms with Gasteiger partial charge < -0.3 is 14.5 Å². The van der Waals surface area contributed by atoms with Crippen molar-refractivity contribution in [1.29, 1.82) is 0 Å². The lowest BCUT2D eigenvalue weighted by Crippen LogP contribution is -2.49. The molecular formula is C19H29N3O4S. The third kappa shape index (κ3) is 5.00. The number of benzene rings is 1. The fourth-order valence-corrected chi connectivity index (χ4v) is 5.07. The van der Waals surface area contributed by atoms with E-state index in [2.05, 4.69) is 4.90 Å². The van der Waals surface area contributed by atoms with Crippen molar-refractivity contribution in [2.45, 2.75) is 30.6 Å². The van der Waals surface area contributed by atoms with Gasteiger partial charge in [0.05, 0.1) is 12.0 Å². The zero-order chi connectivity index (χ0) is 19.3. The zero-order valence-corrected chi connectivity index (χ0v) is 16.8. The summed E-state index contributed by atoms with van der Waals surface area (Å²) in [6.07, 6.45) is 3.95. The second-order valence-electron chi connectivity index (χ2n) is 7.11. The number of piperazine rings is 1. The number of ether oxygens (including phenoxy) is 1. The van der Waals surface area contributed by atoms with E-state index in [1.54, 1.807) is 31.4 Å². The Morgan fingerprint density at radius 1 is 0.963 bits per heavy atom. The Morgan fingerprint density at radius 2 is 1.59 bits per heavy atom. The standard InChI is InChI=1S/C19H29N3O4S/c1-26-17-5-7-18(8-6-17)27(24,25)22-15-13-20(14-16-22)12-9-19(23)21-10-3-2-4-11-21/h5-8H,2-4,9-16H2,1H3. The van der Waals surface area contributed by atoms with E-state index in [9.17, 15) is 13.2 Å². The Bertz CT molecular complexity index is 722. The van der Waals surface area contributed by atoms with E-state index in [0.29, 0.717) is 44.9 Å². The van der Waals surface area contributed by atoms with Crippen LogP contribution in [0.15, 0.2) is 29.2 Å². The normalized spacial score (nSPS) is 19.8. The lowest BCUT2D eigenvalue weighted by Gasteiger charge is -2.34. The second-order valence-corrected chi connectivity index (χ2v) is 9.05. The highest BCUT2D eigenvalue weighted by molar-refractivity contribution is 7.89. The van der Waals surface area contributed by atoms with Gasteiger partial charge in [-0.15, -0.1) is 0 Å². The van der Waals surface area contributed by atoms with Crippen molar-refractivity contribution >= 4 is 15.9 Å². The topological polar surface area (TPSA) is 70.2 Å². The number of methoxy groups -OCH3 is 1. The molecule has 1 aromatic rings. The quantitative estimate of drug-likeness (QED) is 0.728. The Labute approximate surface area is 161 Å². The van der Waals surface area contributed by atoms with Crippen molar-refractivity contribution in [2.75, 3.05) is 52.9 Å². The summed E-state index contributed by atoms with van der Waals surface area (Å²) in [5, 5.41) is 0. The van der Waals surface area contributed by atoms with Gasteiger partial charge in [0.25, 0.3) is 0 Å². The van der Waals surface area contributed by atoms with Crippen LogP contribution in [0.5, 0.6) is 5.75 Å². The van der Waals surface area contributed by atoms with Crippen LogP contribution in [0.4, 0.5) is 0 Å². The highest BCUT2D eigenvalue weighted by Gasteiger charge is 2.28. The van der Waals surface area contributed by atoms with Crippen LogP contribution < -0.4 is 4.74 Å². The van der Waals surface area contributed by atoms with E-state index in [1.807, 2.05) is 4.90 Å². The van der Waals surface area contributed by atoms with E-state index in [1.165, 1.54) is 10.7 Å². The van der Waals surface area contributed by atoms with Gasteiger partial charge in [0.1, 0.15) is 5.75 Å². The molecule has 0 saturated carbocycles. The lowest BCUT2D eigenvalue weighted by atomic mass is 10.1. The van der Waals surface area contributed by atoms with Crippen molar-refractivity contribution < 1.29 is 17.9 Å². The first-order valence-electron chi connectivity index (χ1n) is 9.65. The Morgan fingerprint density at radius 3 is 2.19 bits per heavy atom. The molecule has 8 heteroatoms. The van der Waals surface area contributed by atoms with Crippen molar-refractivity contribution in [2.24, 2.45) is 0 Å². The van der Waals surface area contributed by atoms with Gasteiger partial charge in [0.15, 0.2) is 0 Å². The summed E-state index contributed by atoms with van der Waals surface area (Å²) in [4.78, 5) is 16.7. The molecule has 150 valence electrons. The predicted octanol–water partition coefficient (Wildman–Crippen LogP) is 1.40. The fraction of sp³-hybridized carbons (Fsp3) is 0.632. The molecule has 3 rings (SSSR count). The van der Waals surface area contributed by atoms with Gasteiger partial charge in [-0.25, -0.2) is 8.42 Å². The molecule has 1 amide bonds. The van der Waals surface area contributed by atoms with Crippen LogP contribution in [0.3, 0.4) is 0 Å². The molecule has 2 heterocycles. The predicted molar refractivity (Wildman–Crippen MR) is 103 cm³/mol. The number of carbonyl (C=O) groups excluding carboxylic acids is 1. The van der Waals surface area contributed by atoms with Crippen molar-refractivity contribution in [3.05, 3.63) is 24.3 Å². The van der Waals surface area contributed by atoms with Crippen LogP contribution in [0.2, 0.25) is 0 Å². The van der Waals surface area contributed by atoms with Crippen LogP contribution >= 0.6 is 0 Å². The minimum atomic E-state index is -3.48. The summed E-state index contributed by atoms with van der Waals surface area (Å²) in [5.41, 5.74) is 0. The van der Waals surface area contributed by atoms with Crippen LogP contribution in [-0.4, -0.2) is 81.4 Å². The molecule has 1 aromatic carbocycles. The number of nitrogens with zero attached hydrogens (tertiary/aromatic N) is 3. The van der Waals surface area contributed by atoms with Gasteiger partial charge in [0, 0.05) is 52.2 Å². The first-order chi connectivity index (χ1) is 13.0. The number of carbonyl (C=O) groups is 1. The number of hydrogen-bond donors (Lipinski definition) is 0. The maximum absolute atomic E-state index is 12.8. The molecule has 0 unspecified atom stereocenters. The van der Waals surface area contributed by atoms with Gasteiger partial charge in [-0.3, -0.25) is 4.79 Å². The molecule has 2 aliphatic rings. The summed E-state index contributed by atoms with van der Waals surface area (Å²) in [6, 6.07) is 6.49. The highest BCUT2D eigenvalue weighted by Crippen LogP contribution is 2.20. The van der Waals surface area contributed by atoms with Gasteiger partial charge in [0.2, 0.25) is 15.9 Å². The highest BCUT2D eigenvalue weighted by atomic mass is 32.2. The SMILES string of the molecule is COc1ccc(S(=O)(=O)N2CCN(CCC(=O)N3CCCCC3)CC2)cc1. The van der Waals surface area contributed by atoms with Crippen molar-refractivity contribution in [3.63, 3.8) is 0 Å². The monoisotopic (exact) mass is 395 g/mol. The third-order valence-corrected chi connectivity index (χ3v) is 7.29. The molecule has 0 aromatic heterocycles. The van der Waals surface area contributed by atoms with E-state index >= 15 is 0 Å². The maximum Gasteiger partial charge on any atom is 0.243 e. The first-order valence-corrected chi connectivity index (χ1v) is 11.1. The number of piperidine rings is 1. The first kappa shape index (κ1) is 20.1. The van der Waals surface area contributed by atoms with Gasteiger partial charge >= 0.3 is 0 Å². The second kappa shape index (κ2) is 9.03. The number of sulfonamides is 1. The molecule has 2 fully saturated rings. The molecule has 7 nitrogen and oxygen atoms in total. The number of amides is 1. The van der Waals surface area contributed by atoms with Crippen molar-refractivity contribution in [1.82, 2.24) is 14.1 Å². The molecule has 2 saturated heterocycles. The fourth-order valence-electron chi connectivity index (χ4n) is 3.65. The molecule has 0 radical (unpaired) electrons. The summed E-state index contributed by atoms with van der Waals surface area (Å²) in [5.74, 6) is 0.861. The largest absolute Gasteiger partial charge is 0.497 e. The Balaban J connectivity index is 1.48.